The van der Waals surface area contributed by atoms with Gasteiger partial charge in [-0.05, 0) is 6.42 Å². The summed E-state index contributed by atoms with van der Waals surface area (Å²) in [5, 5.41) is 20.5. The Hall–Kier alpha value is -3.34. The number of hydrogen-bond acceptors (Lipinski definition) is 4. The van der Waals surface area contributed by atoms with Crippen molar-refractivity contribution in [3.05, 3.63) is 36.7 Å². The highest BCUT2D eigenvalue weighted by Gasteiger charge is 2.44. The van der Waals surface area contributed by atoms with Gasteiger partial charge in [0.15, 0.2) is 0 Å². The summed E-state index contributed by atoms with van der Waals surface area (Å²) >= 11 is 0. The summed E-state index contributed by atoms with van der Waals surface area (Å²) in [5.74, 6) is 0. The van der Waals surface area contributed by atoms with E-state index < -0.39 is 12.1 Å². The molecule has 2 aliphatic heterocycles. The van der Waals surface area contributed by atoms with Crippen molar-refractivity contribution in [1.29, 1.82) is 5.26 Å². The molecule has 132 valence electrons. The zero-order valence-electron chi connectivity index (χ0n) is 13.9. The van der Waals surface area contributed by atoms with E-state index in [9.17, 15) is 14.9 Å². The van der Waals surface area contributed by atoms with Crippen LogP contribution in [0.2, 0.25) is 0 Å². The molecule has 2 fully saturated rings. The molecule has 1 unspecified atom stereocenters. The molecule has 0 bridgehead atoms. The van der Waals surface area contributed by atoms with Gasteiger partial charge in [0.25, 0.3) is 0 Å². The number of amides is 3. The van der Waals surface area contributed by atoms with E-state index in [1.165, 1.54) is 9.80 Å². The molecule has 8 heteroatoms. The predicted octanol–water partition coefficient (Wildman–Crippen LogP) is 2.12. The molecule has 2 saturated heterocycles. The van der Waals surface area contributed by atoms with Crippen molar-refractivity contribution < 1.29 is 14.7 Å². The van der Waals surface area contributed by atoms with Crippen molar-refractivity contribution >= 4 is 28.6 Å². The van der Waals surface area contributed by atoms with Crippen molar-refractivity contribution in [1.82, 2.24) is 14.8 Å². The van der Waals surface area contributed by atoms with Crippen molar-refractivity contribution in [3.63, 3.8) is 0 Å². The van der Waals surface area contributed by atoms with Crippen LogP contribution in [0.25, 0.3) is 10.8 Å². The summed E-state index contributed by atoms with van der Waals surface area (Å²) in [6.07, 6.45) is 2.93. The molecule has 4 rings (SSSR count). The van der Waals surface area contributed by atoms with Gasteiger partial charge >= 0.3 is 12.1 Å². The first kappa shape index (κ1) is 16.1. The molecule has 1 aromatic carbocycles. The molecule has 0 aliphatic carbocycles. The van der Waals surface area contributed by atoms with Gasteiger partial charge in [-0.2, -0.15) is 5.26 Å². The average molecular weight is 351 g/mol. The molecule has 3 amide bonds. The Labute approximate surface area is 149 Å². The zero-order valence-corrected chi connectivity index (χ0v) is 13.9. The molecule has 0 spiro atoms. The van der Waals surface area contributed by atoms with Gasteiger partial charge in [-0.15, -0.1) is 0 Å². The van der Waals surface area contributed by atoms with Crippen molar-refractivity contribution in [3.8, 4) is 6.07 Å². The number of hydrogen-bond donors (Lipinski definition) is 1. The first-order valence-corrected chi connectivity index (χ1v) is 8.40. The Balaban J connectivity index is 1.68. The van der Waals surface area contributed by atoms with E-state index in [2.05, 4.69) is 11.1 Å². The summed E-state index contributed by atoms with van der Waals surface area (Å²) in [7, 11) is 0. The standard InChI is InChI=1S/C18H17N5O3/c19-7-14-11-22(13-5-6-21(10-13)18(25)26)17(24)23(14)16-9-20-8-12-3-1-2-4-15(12)16/h1-4,8-9,13-14H,5-6,10-11H2,(H,25,26)/t13-,14?/m1/s1. The van der Waals surface area contributed by atoms with E-state index in [0.717, 1.165) is 10.8 Å². The number of rotatable bonds is 2. The fraction of sp³-hybridized carbons (Fsp3) is 0.333. The smallest absolute Gasteiger partial charge is 0.407 e. The minimum absolute atomic E-state index is 0.206. The van der Waals surface area contributed by atoms with E-state index in [1.54, 1.807) is 17.3 Å². The lowest BCUT2D eigenvalue weighted by Gasteiger charge is -2.24. The van der Waals surface area contributed by atoms with E-state index in [1.807, 2.05) is 24.3 Å². The Morgan fingerprint density at radius 1 is 1.27 bits per heavy atom. The average Bonchev–Trinajstić information content (AvgIpc) is 3.26. The van der Waals surface area contributed by atoms with E-state index in [0.29, 0.717) is 18.7 Å². The van der Waals surface area contributed by atoms with Gasteiger partial charge < -0.3 is 14.9 Å². The maximum atomic E-state index is 13.1. The molecule has 2 aromatic rings. The third-order valence-corrected chi connectivity index (χ3v) is 5.06. The largest absolute Gasteiger partial charge is 0.465 e. The van der Waals surface area contributed by atoms with Crippen LogP contribution in [0, 0.1) is 11.3 Å². The summed E-state index contributed by atoms with van der Waals surface area (Å²) < 4.78 is 0. The van der Waals surface area contributed by atoms with Crippen LogP contribution < -0.4 is 4.90 Å². The minimum atomic E-state index is -0.980. The fourth-order valence-corrected chi connectivity index (χ4v) is 3.75. The molecule has 8 nitrogen and oxygen atoms in total. The highest BCUT2D eigenvalue weighted by atomic mass is 16.4. The summed E-state index contributed by atoms with van der Waals surface area (Å²) in [5.41, 5.74) is 0.607. The number of nitrogens with zero attached hydrogens (tertiary/aromatic N) is 5. The quantitative estimate of drug-likeness (QED) is 0.893. The summed E-state index contributed by atoms with van der Waals surface area (Å²) in [6.45, 7) is 0.939. The SMILES string of the molecule is N#CC1CN([C@@H]2CCN(C(=O)O)C2)C(=O)N1c1cncc2ccccc12. The maximum absolute atomic E-state index is 13.1. The lowest BCUT2D eigenvalue weighted by Crippen LogP contribution is -2.41. The van der Waals surface area contributed by atoms with Crippen LogP contribution in [0.15, 0.2) is 36.7 Å². The minimum Gasteiger partial charge on any atom is -0.465 e. The van der Waals surface area contributed by atoms with E-state index >= 15 is 0 Å². The topological polar surface area (TPSA) is 101 Å². The number of urea groups is 1. The second-order valence-corrected chi connectivity index (χ2v) is 6.50. The molecule has 2 aliphatic rings. The van der Waals surface area contributed by atoms with Crippen molar-refractivity contribution in [2.24, 2.45) is 0 Å². The van der Waals surface area contributed by atoms with Crippen LogP contribution in [0.3, 0.4) is 0 Å². The highest BCUT2D eigenvalue weighted by Crippen LogP contribution is 2.33. The number of anilines is 1. The first-order chi connectivity index (χ1) is 12.6. The second-order valence-electron chi connectivity index (χ2n) is 6.50. The van der Waals surface area contributed by atoms with Gasteiger partial charge in [0.05, 0.1) is 30.5 Å². The molecule has 2 atom stereocenters. The molecule has 0 radical (unpaired) electrons. The van der Waals surface area contributed by atoms with Gasteiger partial charge in [0.2, 0.25) is 0 Å². The Bertz CT molecular complexity index is 919. The monoisotopic (exact) mass is 351 g/mol. The number of carbonyl (C=O) groups excluding carboxylic acids is 1. The molecule has 3 heterocycles. The Morgan fingerprint density at radius 3 is 2.81 bits per heavy atom. The highest BCUT2D eigenvalue weighted by molar-refractivity contribution is 6.04. The third kappa shape index (κ3) is 2.49. The zero-order chi connectivity index (χ0) is 18.3. The summed E-state index contributed by atoms with van der Waals surface area (Å²) in [6, 6.07) is 8.68. The van der Waals surface area contributed by atoms with Crippen LogP contribution in [0.5, 0.6) is 0 Å². The van der Waals surface area contributed by atoms with Crippen LogP contribution in [0.1, 0.15) is 6.42 Å². The predicted molar refractivity (Wildman–Crippen MR) is 93.7 cm³/mol. The van der Waals surface area contributed by atoms with E-state index in [-0.39, 0.29) is 25.2 Å². The number of carboxylic acid groups (broad SMARTS) is 1. The third-order valence-electron chi connectivity index (χ3n) is 5.06. The number of benzene rings is 1. The second kappa shape index (κ2) is 6.19. The maximum Gasteiger partial charge on any atom is 0.407 e. The van der Waals surface area contributed by atoms with Crippen molar-refractivity contribution in [2.45, 2.75) is 18.5 Å². The van der Waals surface area contributed by atoms with Gasteiger partial charge in [0.1, 0.15) is 6.04 Å². The van der Waals surface area contributed by atoms with Crippen LogP contribution in [-0.4, -0.2) is 63.7 Å². The molecular formula is C18H17N5O3. The van der Waals surface area contributed by atoms with Gasteiger partial charge in [-0.25, -0.2) is 9.59 Å². The van der Waals surface area contributed by atoms with Gasteiger partial charge in [-0.3, -0.25) is 9.88 Å². The van der Waals surface area contributed by atoms with Crippen LogP contribution >= 0.6 is 0 Å². The molecule has 0 saturated carbocycles. The van der Waals surface area contributed by atoms with Gasteiger partial charge in [-0.1, -0.05) is 24.3 Å². The normalized spacial score (nSPS) is 22.9. The van der Waals surface area contributed by atoms with Crippen molar-refractivity contribution in [2.75, 3.05) is 24.5 Å². The van der Waals surface area contributed by atoms with Gasteiger partial charge in [0, 0.05) is 30.1 Å². The number of pyridine rings is 1. The van der Waals surface area contributed by atoms with Crippen LogP contribution in [0.4, 0.5) is 15.3 Å². The lowest BCUT2D eigenvalue weighted by molar-refractivity contribution is 0.150. The fourth-order valence-electron chi connectivity index (χ4n) is 3.75. The number of nitriles is 1. The van der Waals surface area contributed by atoms with Crippen LogP contribution in [-0.2, 0) is 0 Å². The molecular weight excluding hydrogens is 334 g/mol. The Morgan fingerprint density at radius 2 is 2.08 bits per heavy atom. The number of fused-ring (bicyclic) bond motifs is 1. The first-order valence-electron chi connectivity index (χ1n) is 8.40. The lowest BCUT2D eigenvalue weighted by atomic mass is 10.1. The number of likely N-dealkylation sites (tertiary alicyclic amines) is 1. The molecule has 26 heavy (non-hydrogen) atoms. The summed E-state index contributed by atoms with van der Waals surface area (Å²) in [4.78, 5) is 32.9. The van der Waals surface area contributed by atoms with E-state index in [4.69, 9.17) is 5.11 Å². The molecule has 1 aromatic heterocycles. The Kier molecular flexibility index (Phi) is 3.84. The number of aromatic nitrogens is 1. The number of carbonyl (C=O) groups is 2. The molecule has 1 N–H and O–H groups in total.